The Hall–Kier alpha value is -2.09. The van der Waals surface area contributed by atoms with Crippen molar-refractivity contribution in [2.75, 3.05) is 18.0 Å². The van der Waals surface area contributed by atoms with E-state index in [9.17, 15) is 22.8 Å². The van der Waals surface area contributed by atoms with E-state index in [4.69, 9.17) is 5.73 Å². The van der Waals surface area contributed by atoms with Crippen LogP contribution >= 0.6 is 0 Å². The van der Waals surface area contributed by atoms with Crippen LogP contribution in [0.15, 0.2) is 18.2 Å². The molecule has 0 aliphatic carbocycles. The monoisotopic (exact) mass is 287 g/mol. The van der Waals surface area contributed by atoms with Gasteiger partial charge in [-0.25, -0.2) is 0 Å². The first-order valence-electron chi connectivity index (χ1n) is 5.79. The molecule has 1 aliphatic heterocycles. The predicted molar refractivity (Wildman–Crippen MR) is 64.7 cm³/mol. The van der Waals surface area contributed by atoms with Crippen molar-refractivity contribution in [2.24, 2.45) is 5.73 Å². The van der Waals surface area contributed by atoms with Gasteiger partial charge in [-0.05, 0) is 17.7 Å². The highest BCUT2D eigenvalue weighted by Crippen LogP contribution is 2.34. The molecule has 20 heavy (non-hydrogen) atoms. The number of amides is 2. The van der Waals surface area contributed by atoms with Crippen LogP contribution in [0.3, 0.4) is 0 Å². The van der Waals surface area contributed by atoms with Crippen LogP contribution in [-0.2, 0) is 22.3 Å². The Kier molecular flexibility index (Phi) is 3.67. The molecule has 0 atom stereocenters. The van der Waals surface area contributed by atoms with Gasteiger partial charge in [-0.15, -0.1) is 0 Å². The number of piperazine rings is 1. The normalized spacial score (nSPS) is 16.3. The Morgan fingerprint density at radius 2 is 1.80 bits per heavy atom. The molecule has 2 amide bonds. The number of alkyl halides is 3. The molecule has 1 heterocycles. The second kappa shape index (κ2) is 5.12. The summed E-state index contributed by atoms with van der Waals surface area (Å²) < 4.78 is 38.7. The summed E-state index contributed by atoms with van der Waals surface area (Å²) in [5.74, 6) is -1.09. The van der Waals surface area contributed by atoms with Crippen LogP contribution in [0.25, 0.3) is 0 Å². The van der Waals surface area contributed by atoms with Gasteiger partial charge in [0.15, 0.2) is 0 Å². The van der Waals surface area contributed by atoms with Crippen LogP contribution in [0.1, 0.15) is 11.1 Å². The zero-order valence-corrected chi connectivity index (χ0v) is 10.3. The molecule has 0 radical (unpaired) electrons. The molecule has 0 unspecified atom stereocenters. The maximum absolute atomic E-state index is 12.9. The quantitative estimate of drug-likeness (QED) is 0.782. The molecular weight excluding hydrogens is 275 g/mol. The van der Waals surface area contributed by atoms with Gasteiger partial charge in [-0.3, -0.25) is 14.9 Å². The van der Waals surface area contributed by atoms with E-state index in [1.165, 1.54) is 17.0 Å². The van der Waals surface area contributed by atoms with Crippen molar-refractivity contribution in [1.29, 1.82) is 0 Å². The van der Waals surface area contributed by atoms with Crippen molar-refractivity contribution < 1.29 is 22.8 Å². The van der Waals surface area contributed by atoms with Crippen molar-refractivity contribution in [3.8, 4) is 0 Å². The molecule has 1 saturated heterocycles. The summed E-state index contributed by atoms with van der Waals surface area (Å²) >= 11 is 0. The fourth-order valence-corrected chi connectivity index (χ4v) is 2.02. The van der Waals surface area contributed by atoms with Gasteiger partial charge < -0.3 is 10.6 Å². The molecule has 0 saturated carbocycles. The highest BCUT2D eigenvalue weighted by atomic mass is 19.4. The number of hydrogen-bond acceptors (Lipinski definition) is 4. The summed E-state index contributed by atoms with van der Waals surface area (Å²) in [6, 6.07) is 3.59. The SMILES string of the molecule is NCc1ccc(N2CC(=O)NC(=O)C2)cc1C(F)(F)F. The van der Waals surface area contributed by atoms with Crippen LogP contribution in [0, 0.1) is 0 Å². The fraction of sp³-hybridized carbons (Fsp3) is 0.333. The molecule has 2 rings (SSSR count). The molecule has 0 spiro atoms. The van der Waals surface area contributed by atoms with Crippen molar-refractivity contribution in [1.82, 2.24) is 5.32 Å². The number of hydrogen-bond donors (Lipinski definition) is 2. The van der Waals surface area contributed by atoms with Crippen LogP contribution in [0.2, 0.25) is 0 Å². The number of nitrogens with zero attached hydrogens (tertiary/aromatic N) is 1. The summed E-state index contributed by atoms with van der Waals surface area (Å²) in [4.78, 5) is 23.8. The Labute approximate surface area is 112 Å². The number of nitrogens with one attached hydrogen (secondary N) is 1. The molecule has 5 nitrogen and oxygen atoms in total. The van der Waals surface area contributed by atoms with Gasteiger partial charge in [0.2, 0.25) is 11.8 Å². The molecule has 8 heteroatoms. The Bertz CT molecular complexity index is 541. The van der Waals surface area contributed by atoms with E-state index >= 15 is 0 Å². The standard InChI is InChI=1S/C12H12F3N3O2/c13-12(14,15)9-3-8(2-1-7(9)4-16)18-5-10(19)17-11(20)6-18/h1-3H,4-6,16H2,(H,17,19,20). The van der Waals surface area contributed by atoms with Crippen LogP contribution in [-0.4, -0.2) is 24.9 Å². The van der Waals surface area contributed by atoms with Gasteiger partial charge in [0, 0.05) is 12.2 Å². The Morgan fingerprint density at radius 1 is 1.20 bits per heavy atom. The Balaban J connectivity index is 2.38. The smallest absolute Gasteiger partial charge is 0.353 e. The van der Waals surface area contributed by atoms with Gasteiger partial charge in [0.1, 0.15) is 0 Å². The van der Waals surface area contributed by atoms with Crippen LogP contribution in [0.4, 0.5) is 18.9 Å². The first kappa shape index (κ1) is 14.3. The zero-order valence-electron chi connectivity index (χ0n) is 10.3. The molecule has 0 aromatic heterocycles. The second-order valence-corrected chi connectivity index (χ2v) is 4.37. The lowest BCUT2D eigenvalue weighted by molar-refractivity contribution is -0.138. The lowest BCUT2D eigenvalue weighted by Gasteiger charge is -2.28. The van der Waals surface area contributed by atoms with Gasteiger partial charge in [-0.2, -0.15) is 13.2 Å². The van der Waals surface area contributed by atoms with E-state index in [1.54, 1.807) is 0 Å². The van der Waals surface area contributed by atoms with E-state index in [1.807, 2.05) is 0 Å². The summed E-state index contributed by atoms with van der Waals surface area (Å²) in [5.41, 5.74) is 4.57. The minimum atomic E-state index is -4.53. The number of halogens is 3. The van der Waals surface area contributed by atoms with Crippen LogP contribution < -0.4 is 16.0 Å². The fourth-order valence-electron chi connectivity index (χ4n) is 2.02. The highest BCUT2D eigenvalue weighted by Gasteiger charge is 2.34. The number of anilines is 1. The number of rotatable bonds is 2. The maximum atomic E-state index is 12.9. The van der Waals surface area contributed by atoms with Crippen molar-refractivity contribution in [2.45, 2.75) is 12.7 Å². The van der Waals surface area contributed by atoms with Gasteiger partial charge in [-0.1, -0.05) is 6.07 Å². The van der Waals surface area contributed by atoms with Gasteiger partial charge in [0.25, 0.3) is 0 Å². The molecule has 108 valence electrons. The third-order valence-corrected chi connectivity index (χ3v) is 2.93. The van der Waals surface area contributed by atoms with Crippen molar-refractivity contribution >= 4 is 17.5 Å². The minimum absolute atomic E-state index is 0.0333. The van der Waals surface area contributed by atoms with E-state index in [2.05, 4.69) is 5.32 Å². The van der Waals surface area contributed by atoms with Crippen molar-refractivity contribution in [3.05, 3.63) is 29.3 Å². The molecular formula is C12H12F3N3O2. The predicted octanol–water partition coefficient (Wildman–Crippen LogP) is 0.627. The average molecular weight is 287 g/mol. The molecule has 0 bridgehead atoms. The second-order valence-electron chi connectivity index (χ2n) is 4.37. The van der Waals surface area contributed by atoms with E-state index in [0.29, 0.717) is 0 Å². The molecule has 3 N–H and O–H groups in total. The zero-order chi connectivity index (χ0) is 14.9. The lowest BCUT2D eigenvalue weighted by Crippen LogP contribution is -2.51. The molecule has 1 aromatic carbocycles. The number of benzene rings is 1. The number of carbonyl (C=O) groups is 2. The summed E-state index contributed by atoms with van der Waals surface area (Å²) in [5, 5.41) is 2.08. The van der Waals surface area contributed by atoms with Gasteiger partial charge >= 0.3 is 6.18 Å². The van der Waals surface area contributed by atoms with Gasteiger partial charge in [0.05, 0.1) is 18.7 Å². The number of nitrogens with two attached hydrogens (primary N) is 1. The molecule has 1 fully saturated rings. The maximum Gasteiger partial charge on any atom is 0.416 e. The first-order chi connectivity index (χ1) is 9.31. The Morgan fingerprint density at radius 3 is 2.30 bits per heavy atom. The average Bonchev–Trinajstić information content (AvgIpc) is 2.35. The number of imide groups is 1. The lowest BCUT2D eigenvalue weighted by atomic mass is 10.1. The van der Waals surface area contributed by atoms with E-state index < -0.39 is 23.6 Å². The minimum Gasteiger partial charge on any atom is -0.353 e. The highest BCUT2D eigenvalue weighted by molar-refractivity contribution is 6.02. The van der Waals surface area contributed by atoms with Crippen molar-refractivity contribution in [3.63, 3.8) is 0 Å². The number of carbonyl (C=O) groups excluding carboxylic acids is 2. The third kappa shape index (κ3) is 2.90. The third-order valence-electron chi connectivity index (χ3n) is 2.93. The topological polar surface area (TPSA) is 75.4 Å². The van der Waals surface area contributed by atoms with E-state index in [-0.39, 0.29) is 30.9 Å². The summed E-state index contributed by atoms with van der Waals surface area (Å²) in [6.45, 7) is -0.565. The van der Waals surface area contributed by atoms with Crippen LogP contribution in [0.5, 0.6) is 0 Å². The summed E-state index contributed by atoms with van der Waals surface area (Å²) in [6.07, 6.45) is -4.53. The van der Waals surface area contributed by atoms with E-state index in [0.717, 1.165) is 6.07 Å². The first-order valence-corrected chi connectivity index (χ1v) is 5.79. The molecule has 1 aromatic rings. The largest absolute Gasteiger partial charge is 0.416 e. The molecule has 1 aliphatic rings. The summed E-state index contributed by atoms with van der Waals surface area (Å²) in [7, 11) is 0.